The van der Waals surface area contributed by atoms with Crippen molar-refractivity contribution in [2.45, 2.75) is 36.6 Å². The maximum absolute atomic E-state index is 10.7. The van der Waals surface area contributed by atoms with Crippen LogP contribution in [0, 0.1) is 10.1 Å². The smallest absolute Gasteiger partial charge is 0.271 e. The van der Waals surface area contributed by atoms with Crippen LogP contribution in [-0.4, -0.2) is 67.9 Å². The predicted molar refractivity (Wildman–Crippen MR) is 78.0 cm³/mol. The summed E-state index contributed by atoms with van der Waals surface area (Å²) >= 11 is 0. The molecule has 10 heteroatoms. The van der Waals surface area contributed by atoms with Crippen molar-refractivity contribution in [3.8, 4) is 0 Å². The summed E-state index contributed by atoms with van der Waals surface area (Å²) < 4.78 is 5.44. The van der Waals surface area contributed by atoms with Crippen molar-refractivity contribution in [3.05, 3.63) is 39.9 Å². The van der Waals surface area contributed by atoms with Gasteiger partial charge in [0.25, 0.3) is 11.5 Å². The number of non-ortho nitro benzene ring substituents is 1. The van der Waals surface area contributed by atoms with Crippen LogP contribution in [0.15, 0.2) is 29.4 Å². The number of aliphatic hydroxyl groups is 4. The lowest BCUT2D eigenvalue weighted by Crippen LogP contribution is -2.65. The first-order chi connectivity index (χ1) is 11.4. The Morgan fingerprint density at radius 1 is 1.25 bits per heavy atom. The standard InChI is InChI=1S/C14H16N2O8/c17-6-10-11(18)12(19)13(20)14(23-10)5-9(15-24-14)7-1-3-8(4-2-7)16(21)22/h1-4,10-13,17-20H,5-6H2/t10-,11-,12+,13-,14-/m1/s1. The number of aliphatic hydroxyl groups excluding tert-OH is 4. The molecule has 2 aliphatic rings. The minimum Gasteiger partial charge on any atom is -0.394 e. The van der Waals surface area contributed by atoms with Crippen LogP contribution in [0.25, 0.3) is 0 Å². The van der Waals surface area contributed by atoms with Crippen LogP contribution in [0.2, 0.25) is 0 Å². The molecule has 1 aromatic rings. The van der Waals surface area contributed by atoms with Gasteiger partial charge in [0.05, 0.1) is 23.7 Å². The van der Waals surface area contributed by atoms with Gasteiger partial charge >= 0.3 is 0 Å². The Labute approximate surface area is 135 Å². The number of hydrogen-bond acceptors (Lipinski definition) is 9. The average Bonchev–Trinajstić information content (AvgIpc) is 3.02. The molecule has 3 rings (SSSR count). The van der Waals surface area contributed by atoms with Crippen LogP contribution in [-0.2, 0) is 9.57 Å². The second-order valence-electron chi connectivity index (χ2n) is 5.69. The molecule has 0 radical (unpaired) electrons. The minimum atomic E-state index is -1.73. The van der Waals surface area contributed by atoms with Crippen LogP contribution in [0.5, 0.6) is 0 Å². The molecule has 0 saturated carbocycles. The lowest BCUT2D eigenvalue weighted by molar-refractivity contribution is -0.384. The Balaban J connectivity index is 1.81. The highest BCUT2D eigenvalue weighted by atomic mass is 16.8. The normalized spacial score (nSPS) is 35.6. The first-order valence-corrected chi connectivity index (χ1v) is 7.21. The fraction of sp³-hybridized carbons (Fsp3) is 0.500. The Hall–Kier alpha value is -2.11. The molecule has 130 valence electrons. The van der Waals surface area contributed by atoms with Gasteiger partial charge in [-0.15, -0.1) is 0 Å². The van der Waals surface area contributed by atoms with Gasteiger partial charge in [0.15, 0.2) is 6.10 Å². The Morgan fingerprint density at radius 2 is 1.92 bits per heavy atom. The summed E-state index contributed by atoms with van der Waals surface area (Å²) in [5.41, 5.74) is 0.791. The highest BCUT2D eigenvalue weighted by Crippen LogP contribution is 2.38. The molecule has 2 heterocycles. The van der Waals surface area contributed by atoms with Crippen LogP contribution in [0.3, 0.4) is 0 Å². The van der Waals surface area contributed by atoms with Gasteiger partial charge in [-0.25, -0.2) is 0 Å². The fourth-order valence-corrected chi connectivity index (χ4v) is 2.79. The molecule has 1 saturated heterocycles. The van der Waals surface area contributed by atoms with E-state index in [1.165, 1.54) is 24.3 Å². The van der Waals surface area contributed by atoms with E-state index in [1.54, 1.807) is 0 Å². The van der Waals surface area contributed by atoms with Crippen molar-refractivity contribution in [2.24, 2.45) is 5.16 Å². The largest absolute Gasteiger partial charge is 0.394 e. The number of ether oxygens (including phenoxy) is 1. The van der Waals surface area contributed by atoms with Crippen molar-refractivity contribution in [3.63, 3.8) is 0 Å². The van der Waals surface area contributed by atoms with E-state index in [0.29, 0.717) is 11.3 Å². The quantitative estimate of drug-likeness (QED) is 0.399. The first kappa shape index (κ1) is 16.7. The van der Waals surface area contributed by atoms with E-state index >= 15 is 0 Å². The number of hydrogen-bond donors (Lipinski definition) is 4. The van der Waals surface area contributed by atoms with Gasteiger partial charge in [-0.05, 0) is 12.1 Å². The monoisotopic (exact) mass is 340 g/mol. The van der Waals surface area contributed by atoms with E-state index in [-0.39, 0.29) is 12.1 Å². The van der Waals surface area contributed by atoms with Gasteiger partial charge < -0.3 is 30.0 Å². The van der Waals surface area contributed by atoms with E-state index in [4.69, 9.17) is 9.57 Å². The van der Waals surface area contributed by atoms with E-state index in [9.17, 15) is 30.5 Å². The number of rotatable bonds is 3. The molecule has 0 aliphatic carbocycles. The van der Waals surface area contributed by atoms with Gasteiger partial charge in [0.2, 0.25) is 0 Å². The average molecular weight is 340 g/mol. The Kier molecular flexibility index (Phi) is 4.24. The molecule has 0 unspecified atom stereocenters. The molecule has 0 amide bonds. The zero-order valence-corrected chi connectivity index (χ0v) is 12.3. The molecule has 0 aromatic heterocycles. The Morgan fingerprint density at radius 3 is 2.50 bits per heavy atom. The number of oxime groups is 1. The van der Waals surface area contributed by atoms with Gasteiger partial charge in [0, 0.05) is 17.7 Å². The highest BCUT2D eigenvalue weighted by molar-refractivity contribution is 6.01. The zero-order valence-electron chi connectivity index (χ0n) is 12.3. The predicted octanol–water partition coefficient (Wildman–Crippen LogP) is -1.11. The van der Waals surface area contributed by atoms with Crippen molar-refractivity contribution >= 4 is 11.4 Å². The van der Waals surface area contributed by atoms with Crippen molar-refractivity contribution in [1.82, 2.24) is 0 Å². The van der Waals surface area contributed by atoms with E-state index < -0.39 is 41.7 Å². The number of nitro groups is 1. The van der Waals surface area contributed by atoms with E-state index in [1.807, 2.05) is 0 Å². The molecule has 10 nitrogen and oxygen atoms in total. The Bertz CT molecular complexity index is 661. The lowest BCUT2D eigenvalue weighted by atomic mass is 9.89. The van der Waals surface area contributed by atoms with Gasteiger partial charge in [-0.3, -0.25) is 10.1 Å². The van der Waals surface area contributed by atoms with Gasteiger partial charge in [-0.1, -0.05) is 5.16 Å². The molecule has 5 atom stereocenters. The molecule has 2 aliphatic heterocycles. The van der Waals surface area contributed by atoms with Crippen LogP contribution in [0.4, 0.5) is 5.69 Å². The van der Waals surface area contributed by atoms with Crippen molar-refractivity contribution in [1.29, 1.82) is 0 Å². The third-order valence-corrected chi connectivity index (χ3v) is 4.17. The molecular weight excluding hydrogens is 324 g/mol. The van der Waals surface area contributed by atoms with E-state index in [0.717, 1.165) is 0 Å². The molecule has 1 aromatic carbocycles. The molecular formula is C14H16N2O8. The lowest BCUT2D eigenvalue weighted by Gasteiger charge is -2.44. The van der Waals surface area contributed by atoms with Crippen LogP contribution >= 0.6 is 0 Å². The number of benzene rings is 1. The van der Waals surface area contributed by atoms with Crippen molar-refractivity contribution < 1.29 is 34.9 Å². The molecule has 24 heavy (non-hydrogen) atoms. The maximum atomic E-state index is 10.7. The molecule has 1 fully saturated rings. The molecule has 4 N–H and O–H groups in total. The second-order valence-corrected chi connectivity index (χ2v) is 5.69. The van der Waals surface area contributed by atoms with Crippen molar-refractivity contribution in [2.75, 3.05) is 6.61 Å². The van der Waals surface area contributed by atoms with E-state index in [2.05, 4.69) is 5.16 Å². The third-order valence-electron chi connectivity index (χ3n) is 4.17. The highest BCUT2D eigenvalue weighted by Gasteiger charge is 2.58. The summed E-state index contributed by atoms with van der Waals surface area (Å²) in [5, 5.41) is 53.6. The summed E-state index contributed by atoms with van der Waals surface area (Å²) in [6, 6.07) is 5.55. The third kappa shape index (κ3) is 2.64. The molecule has 0 bridgehead atoms. The SMILES string of the molecule is O=[N+]([O-])c1ccc(C2=NO[C@@]3(C2)O[C@H](CO)[C@@H](O)[C@H](O)[C@H]3O)cc1. The van der Waals surface area contributed by atoms with Gasteiger partial charge in [0.1, 0.15) is 18.3 Å². The van der Waals surface area contributed by atoms with Gasteiger partial charge in [-0.2, -0.15) is 0 Å². The summed E-state index contributed by atoms with van der Waals surface area (Å²) in [5.74, 6) is -1.73. The molecule has 1 spiro atoms. The first-order valence-electron chi connectivity index (χ1n) is 7.21. The zero-order chi connectivity index (χ0) is 17.5. The van der Waals surface area contributed by atoms with Crippen LogP contribution < -0.4 is 0 Å². The summed E-state index contributed by atoms with van der Waals surface area (Å²) in [6.45, 7) is -0.580. The summed E-state index contributed by atoms with van der Waals surface area (Å²) in [7, 11) is 0. The number of nitrogens with zero attached hydrogens (tertiary/aromatic N) is 2. The van der Waals surface area contributed by atoms with Crippen LogP contribution in [0.1, 0.15) is 12.0 Å². The number of nitro benzene ring substituents is 1. The maximum Gasteiger partial charge on any atom is 0.271 e. The topological polar surface area (TPSA) is 155 Å². The minimum absolute atomic E-state index is 0.0632. The summed E-state index contributed by atoms with van der Waals surface area (Å²) in [4.78, 5) is 15.3. The second kappa shape index (κ2) is 6.07. The summed E-state index contributed by atoms with van der Waals surface area (Å²) in [6.07, 6.45) is -5.85. The fourth-order valence-electron chi connectivity index (χ4n) is 2.79.